The van der Waals surface area contributed by atoms with E-state index in [9.17, 15) is 4.79 Å². The molecule has 9 heteroatoms. The number of carbonyl (C=O) groups is 1. The van der Waals surface area contributed by atoms with Crippen molar-refractivity contribution in [3.63, 3.8) is 0 Å². The molecule has 0 unspecified atom stereocenters. The lowest BCUT2D eigenvalue weighted by atomic mass is 10.2. The zero-order valence-corrected chi connectivity index (χ0v) is 18.9. The van der Waals surface area contributed by atoms with E-state index in [-0.39, 0.29) is 5.91 Å². The number of hydrogen-bond acceptors (Lipinski definition) is 7. The molecule has 1 amide bonds. The van der Waals surface area contributed by atoms with E-state index in [1.54, 1.807) is 11.3 Å². The summed E-state index contributed by atoms with van der Waals surface area (Å²) in [5.74, 6) is 1.42. The Morgan fingerprint density at radius 3 is 2.60 bits per heavy atom. The Bertz CT molecular complexity index is 1020. The summed E-state index contributed by atoms with van der Waals surface area (Å²) in [4.78, 5) is 24.6. The summed E-state index contributed by atoms with van der Waals surface area (Å²) in [6.45, 7) is 4.93. The number of nitrogens with zero attached hydrogens (tertiary/aromatic N) is 3. The molecule has 0 saturated carbocycles. The van der Waals surface area contributed by atoms with Gasteiger partial charge in [0.2, 0.25) is 11.9 Å². The van der Waals surface area contributed by atoms with Crippen LogP contribution >= 0.6 is 27.3 Å². The van der Waals surface area contributed by atoms with E-state index >= 15 is 0 Å². The Morgan fingerprint density at radius 2 is 1.90 bits per heavy atom. The average molecular weight is 488 g/mol. The van der Waals surface area contributed by atoms with E-state index in [1.807, 2.05) is 48.7 Å². The largest absolute Gasteiger partial charge is 0.378 e. The summed E-state index contributed by atoms with van der Waals surface area (Å²) in [5, 5.41) is 8.23. The fraction of sp³-hybridized carbons (Fsp3) is 0.286. The Kier molecular flexibility index (Phi) is 6.61. The third kappa shape index (κ3) is 5.56. The summed E-state index contributed by atoms with van der Waals surface area (Å²) in [7, 11) is 0. The molecule has 30 heavy (non-hydrogen) atoms. The molecule has 0 bridgehead atoms. The van der Waals surface area contributed by atoms with Crippen LogP contribution in [-0.2, 0) is 16.0 Å². The van der Waals surface area contributed by atoms with Gasteiger partial charge >= 0.3 is 0 Å². The van der Waals surface area contributed by atoms with Crippen molar-refractivity contribution in [1.82, 2.24) is 9.97 Å². The van der Waals surface area contributed by atoms with Crippen molar-refractivity contribution in [3.8, 4) is 0 Å². The van der Waals surface area contributed by atoms with Crippen molar-refractivity contribution >= 4 is 56.3 Å². The monoisotopic (exact) mass is 487 g/mol. The van der Waals surface area contributed by atoms with Crippen LogP contribution in [0.25, 0.3) is 0 Å². The van der Waals surface area contributed by atoms with Crippen LogP contribution in [0.3, 0.4) is 0 Å². The molecule has 1 aromatic carbocycles. The Labute approximate surface area is 187 Å². The maximum absolute atomic E-state index is 12.2. The Morgan fingerprint density at radius 1 is 1.17 bits per heavy atom. The van der Waals surface area contributed by atoms with Gasteiger partial charge in [-0.05, 0) is 53.2 Å². The topological polar surface area (TPSA) is 79.4 Å². The van der Waals surface area contributed by atoms with Gasteiger partial charge in [0.15, 0.2) is 0 Å². The maximum atomic E-state index is 12.2. The van der Waals surface area contributed by atoms with Crippen molar-refractivity contribution in [2.75, 3.05) is 41.8 Å². The number of thiophene rings is 1. The first kappa shape index (κ1) is 20.8. The van der Waals surface area contributed by atoms with Gasteiger partial charge in [-0.15, -0.1) is 11.3 Å². The second kappa shape index (κ2) is 9.55. The fourth-order valence-corrected chi connectivity index (χ4v) is 4.57. The quantitative estimate of drug-likeness (QED) is 0.537. The van der Waals surface area contributed by atoms with Crippen LogP contribution in [0.4, 0.5) is 23.1 Å². The summed E-state index contributed by atoms with van der Waals surface area (Å²) >= 11 is 4.97. The van der Waals surface area contributed by atoms with Gasteiger partial charge in [-0.3, -0.25) is 4.79 Å². The van der Waals surface area contributed by atoms with Gasteiger partial charge in [-0.25, -0.2) is 4.98 Å². The Balaban J connectivity index is 1.38. The minimum Gasteiger partial charge on any atom is -0.378 e. The molecular formula is C21H22BrN5O2S. The normalized spacial score (nSPS) is 13.9. The average Bonchev–Trinajstić information content (AvgIpc) is 3.14. The smallest absolute Gasteiger partial charge is 0.229 e. The molecular weight excluding hydrogens is 466 g/mol. The summed E-state index contributed by atoms with van der Waals surface area (Å²) in [5.41, 5.74) is 2.55. The van der Waals surface area contributed by atoms with E-state index < -0.39 is 0 Å². The van der Waals surface area contributed by atoms with Gasteiger partial charge in [0.25, 0.3) is 0 Å². The fourth-order valence-electron chi connectivity index (χ4n) is 3.12. The lowest BCUT2D eigenvalue weighted by Crippen LogP contribution is -2.37. The van der Waals surface area contributed by atoms with Gasteiger partial charge in [0, 0.05) is 51.0 Å². The third-order valence-electron chi connectivity index (χ3n) is 4.53. The molecule has 3 heterocycles. The van der Waals surface area contributed by atoms with E-state index in [1.165, 1.54) is 0 Å². The number of aromatic nitrogens is 2. The number of morpholine rings is 1. The molecule has 2 aromatic heterocycles. The molecule has 0 atom stereocenters. The number of halogens is 1. The first-order valence-electron chi connectivity index (χ1n) is 9.63. The van der Waals surface area contributed by atoms with Crippen LogP contribution in [-0.4, -0.2) is 42.2 Å². The molecule has 1 saturated heterocycles. The van der Waals surface area contributed by atoms with Crippen LogP contribution in [0, 0.1) is 6.92 Å². The highest BCUT2D eigenvalue weighted by atomic mass is 79.9. The van der Waals surface area contributed by atoms with Gasteiger partial charge in [0.05, 0.1) is 19.6 Å². The number of hydrogen-bond donors (Lipinski definition) is 2. The van der Waals surface area contributed by atoms with Crippen LogP contribution in [0.2, 0.25) is 0 Å². The number of amides is 1. The molecule has 0 radical (unpaired) electrons. The molecule has 156 valence electrons. The first-order valence-corrected chi connectivity index (χ1v) is 11.3. The summed E-state index contributed by atoms with van der Waals surface area (Å²) < 4.78 is 6.41. The highest BCUT2D eigenvalue weighted by molar-refractivity contribution is 9.10. The van der Waals surface area contributed by atoms with E-state index in [0.29, 0.717) is 25.6 Å². The molecule has 4 rings (SSSR count). The standard InChI is InChI=1S/C21H22BrN5O2S/c1-14-10-19(26-21(23-14)27-6-8-29-9-7-27)24-16-2-4-17(5-3-16)25-20(28)12-18-11-15(22)13-30-18/h2-5,10-11,13H,6-9,12H2,1H3,(H,25,28)(H,23,24,26). The number of nitrogens with one attached hydrogen (secondary N) is 2. The lowest BCUT2D eigenvalue weighted by Gasteiger charge is -2.27. The number of rotatable bonds is 6. The van der Waals surface area contributed by atoms with Gasteiger partial charge in [0.1, 0.15) is 5.82 Å². The molecule has 1 aliphatic rings. The highest BCUT2D eigenvalue weighted by Gasteiger charge is 2.15. The summed E-state index contributed by atoms with van der Waals surface area (Å²) in [6, 6.07) is 11.5. The number of carbonyl (C=O) groups excluding carboxylic acids is 1. The Hall–Kier alpha value is -2.49. The van der Waals surface area contributed by atoms with Crippen molar-refractivity contribution in [2.24, 2.45) is 0 Å². The lowest BCUT2D eigenvalue weighted by molar-refractivity contribution is -0.115. The number of aryl methyl sites for hydroxylation is 1. The number of benzene rings is 1. The SMILES string of the molecule is Cc1cc(Nc2ccc(NC(=O)Cc3cc(Br)cs3)cc2)nc(N2CCOCC2)n1. The first-order chi connectivity index (χ1) is 14.5. The van der Waals surface area contributed by atoms with Crippen molar-refractivity contribution < 1.29 is 9.53 Å². The highest BCUT2D eigenvalue weighted by Crippen LogP contribution is 2.22. The minimum atomic E-state index is -0.0355. The van der Waals surface area contributed by atoms with Gasteiger partial charge < -0.3 is 20.3 Å². The number of ether oxygens (including phenoxy) is 1. The van der Waals surface area contributed by atoms with Gasteiger partial charge in [-0.2, -0.15) is 4.98 Å². The second-order valence-corrected chi connectivity index (χ2v) is 8.86. The number of anilines is 4. The predicted octanol–water partition coefficient (Wildman–Crippen LogP) is 4.37. The van der Waals surface area contributed by atoms with Crippen molar-refractivity contribution in [3.05, 3.63) is 56.8 Å². The third-order valence-corrected chi connectivity index (χ3v) is 6.23. The molecule has 1 aliphatic heterocycles. The molecule has 2 N–H and O–H groups in total. The molecule has 1 fully saturated rings. The predicted molar refractivity (Wildman–Crippen MR) is 124 cm³/mol. The van der Waals surface area contributed by atoms with Crippen LogP contribution in [0.1, 0.15) is 10.6 Å². The van der Waals surface area contributed by atoms with Crippen molar-refractivity contribution in [1.29, 1.82) is 0 Å². The van der Waals surface area contributed by atoms with Crippen LogP contribution in [0.5, 0.6) is 0 Å². The molecule has 0 spiro atoms. The van der Waals surface area contributed by atoms with Crippen molar-refractivity contribution in [2.45, 2.75) is 13.3 Å². The van der Waals surface area contributed by atoms with Crippen LogP contribution in [0.15, 0.2) is 46.3 Å². The molecule has 3 aromatic rings. The van der Waals surface area contributed by atoms with E-state index in [0.717, 1.165) is 45.3 Å². The zero-order chi connectivity index (χ0) is 20.9. The molecule has 0 aliphatic carbocycles. The summed E-state index contributed by atoms with van der Waals surface area (Å²) in [6.07, 6.45) is 0.362. The van der Waals surface area contributed by atoms with E-state index in [2.05, 4.69) is 41.4 Å². The van der Waals surface area contributed by atoms with E-state index in [4.69, 9.17) is 4.74 Å². The zero-order valence-electron chi connectivity index (χ0n) is 16.5. The minimum absolute atomic E-state index is 0.0355. The second-order valence-electron chi connectivity index (χ2n) is 6.95. The molecule has 7 nitrogen and oxygen atoms in total. The maximum Gasteiger partial charge on any atom is 0.229 e. The van der Waals surface area contributed by atoms with Crippen LogP contribution < -0.4 is 15.5 Å². The van der Waals surface area contributed by atoms with Gasteiger partial charge in [-0.1, -0.05) is 0 Å².